The molecule has 1 aromatic carbocycles. The SMILES string of the molecule is Oc1cc(Cl)c2nc(Cl)sc2c1. The number of phenols is 1. The van der Waals surface area contributed by atoms with E-state index in [9.17, 15) is 5.11 Å². The van der Waals surface area contributed by atoms with Crippen LogP contribution in [0.3, 0.4) is 0 Å². The van der Waals surface area contributed by atoms with Gasteiger partial charge in [0.1, 0.15) is 11.3 Å². The zero-order valence-electron chi connectivity index (χ0n) is 5.71. The lowest BCUT2D eigenvalue weighted by molar-refractivity contribution is 0.476. The topological polar surface area (TPSA) is 33.1 Å². The third kappa shape index (κ3) is 1.24. The summed E-state index contributed by atoms with van der Waals surface area (Å²) in [6.45, 7) is 0. The van der Waals surface area contributed by atoms with Crippen molar-refractivity contribution in [3.63, 3.8) is 0 Å². The number of aromatic nitrogens is 1. The fourth-order valence-corrected chi connectivity index (χ4v) is 2.34. The minimum atomic E-state index is 0.132. The molecule has 0 spiro atoms. The van der Waals surface area contributed by atoms with Crippen molar-refractivity contribution in [2.45, 2.75) is 0 Å². The minimum Gasteiger partial charge on any atom is -0.508 e. The first-order valence-electron chi connectivity index (χ1n) is 3.11. The number of benzene rings is 1. The quantitative estimate of drug-likeness (QED) is 0.738. The second kappa shape index (κ2) is 2.76. The zero-order valence-corrected chi connectivity index (χ0v) is 8.04. The van der Waals surface area contributed by atoms with E-state index in [2.05, 4.69) is 4.98 Å². The summed E-state index contributed by atoms with van der Waals surface area (Å²) in [7, 11) is 0. The number of rotatable bonds is 0. The number of thiazole rings is 1. The van der Waals surface area contributed by atoms with Crippen LogP contribution in [0.25, 0.3) is 10.2 Å². The van der Waals surface area contributed by atoms with E-state index >= 15 is 0 Å². The van der Waals surface area contributed by atoms with Gasteiger partial charge in [-0.05, 0) is 6.07 Å². The molecule has 0 fully saturated rings. The number of hydrogen-bond acceptors (Lipinski definition) is 3. The van der Waals surface area contributed by atoms with Gasteiger partial charge in [-0.3, -0.25) is 0 Å². The van der Waals surface area contributed by atoms with Crippen LogP contribution in [0, 0.1) is 0 Å². The molecule has 2 nitrogen and oxygen atoms in total. The molecule has 0 aliphatic heterocycles. The number of halogens is 2. The zero-order chi connectivity index (χ0) is 8.72. The standard InChI is InChI=1S/C7H3Cl2NOS/c8-4-1-3(11)2-5-6(4)10-7(9)12-5/h1-2,11H. The lowest BCUT2D eigenvalue weighted by Crippen LogP contribution is -1.70. The smallest absolute Gasteiger partial charge is 0.184 e. The number of hydrogen-bond donors (Lipinski definition) is 1. The van der Waals surface area contributed by atoms with E-state index in [0.717, 1.165) is 4.70 Å². The van der Waals surface area contributed by atoms with Gasteiger partial charge in [0, 0.05) is 6.07 Å². The van der Waals surface area contributed by atoms with E-state index in [0.29, 0.717) is 15.0 Å². The molecule has 0 aliphatic carbocycles. The van der Waals surface area contributed by atoms with Crippen LogP contribution in [0.1, 0.15) is 0 Å². The predicted octanol–water partition coefficient (Wildman–Crippen LogP) is 3.31. The molecule has 62 valence electrons. The third-order valence-electron chi connectivity index (χ3n) is 1.41. The lowest BCUT2D eigenvalue weighted by Gasteiger charge is -1.92. The van der Waals surface area contributed by atoms with Gasteiger partial charge in [0.15, 0.2) is 4.47 Å². The molecular formula is C7H3Cl2NOS. The van der Waals surface area contributed by atoms with Gasteiger partial charge in [0.2, 0.25) is 0 Å². The Labute approximate surface area is 82.4 Å². The first-order valence-corrected chi connectivity index (χ1v) is 4.68. The maximum atomic E-state index is 9.17. The van der Waals surface area contributed by atoms with Crippen LogP contribution in [-0.2, 0) is 0 Å². The maximum Gasteiger partial charge on any atom is 0.184 e. The first kappa shape index (κ1) is 8.10. The molecule has 0 saturated carbocycles. The highest BCUT2D eigenvalue weighted by atomic mass is 35.5. The Morgan fingerprint density at radius 2 is 2.08 bits per heavy atom. The van der Waals surface area contributed by atoms with E-state index in [1.807, 2.05) is 0 Å². The fourth-order valence-electron chi connectivity index (χ4n) is 0.948. The normalized spacial score (nSPS) is 10.8. The molecule has 2 rings (SSSR count). The molecule has 0 bridgehead atoms. The van der Waals surface area contributed by atoms with Gasteiger partial charge in [-0.15, -0.1) is 11.3 Å². The van der Waals surface area contributed by atoms with Crippen molar-refractivity contribution < 1.29 is 5.11 Å². The van der Waals surface area contributed by atoms with Gasteiger partial charge >= 0.3 is 0 Å². The summed E-state index contributed by atoms with van der Waals surface area (Å²) in [6, 6.07) is 3.03. The number of fused-ring (bicyclic) bond motifs is 1. The average Bonchev–Trinajstić information content (AvgIpc) is 2.29. The van der Waals surface area contributed by atoms with Crippen LogP contribution in [0.4, 0.5) is 0 Å². The molecule has 1 heterocycles. The monoisotopic (exact) mass is 219 g/mol. The van der Waals surface area contributed by atoms with Crippen LogP contribution in [0.5, 0.6) is 5.75 Å². The summed E-state index contributed by atoms with van der Waals surface area (Å²) in [5.74, 6) is 0.132. The Kier molecular flexibility index (Phi) is 1.87. The maximum absolute atomic E-state index is 9.17. The van der Waals surface area contributed by atoms with E-state index in [1.54, 1.807) is 6.07 Å². The second-order valence-electron chi connectivity index (χ2n) is 2.24. The van der Waals surface area contributed by atoms with Gasteiger partial charge in [-0.1, -0.05) is 23.2 Å². The van der Waals surface area contributed by atoms with Gasteiger partial charge in [-0.25, -0.2) is 4.98 Å². The van der Waals surface area contributed by atoms with Crippen molar-refractivity contribution in [2.75, 3.05) is 0 Å². The number of phenolic OH excluding ortho intramolecular Hbond substituents is 1. The highest BCUT2D eigenvalue weighted by Gasteiger charge is 2.06. The lowest BCUT2D eigenvalue weighted by atomic mass is 10.3. The van der Waals surface area contributed by atoms with E-state index in [-0.39, 0.29) is 5.75 Å². The molecule has 1 N–H and O–H groups in total. The van der Waals surface area contributed by atoms with Crippen molar-refractivity contribution in [2.24, 2.45) is 0 Å². The Hall–Kier alpha value is -0.510. The van der Waals surface area contributed by atoms with Crippen LogP contribution in [0.15, 0.2) is 12.1 Å². The molecular weight excluding hydrogens is 217 g/mol. The Morgan fingerprint density at radius 1 is 1.33 bits per heavy atom. The predicted molar refractivity (Wildman–Crippen MR) is 51.3 cm³/mol. The van der Waals surface area contributed by atoms with Crippen molar-refractivity contribution in [1.29, 1.82) is 0 Å². The van der Waals surface area contributed by atoms with Crippen molar-refractivity contribution >= 4 is 44.8 Å². The molecule has 5 heteroatoms. The first-order chi connectivity index (χ1) is 5.66. The molecule has 0 amide bonds. The number of aromatic hydroxyl groups is 1. The summed E-state index contributed by atoms with van der Waals surface area (Å²) < 4.78 is 1.22. The summed E-state index contributed by atoms with van der Waals surface area (Å²) in [5, 5.41) is 9.60. The molecule has 2 aromatic rings. The van der Waals surface area contributed by atoms with Gasteiger partial charge < -0.3 is 5.11 Å². The number of nitrogens with zero attached hydrogens (tertiary/aromatic N) is 1. The Morgan fingerprint density at radius 3 is 2.83 bits per heavy atom. The van der Waals surface area contributed by atoms with Crippen molar-refractivity contribution in [1.82, 2.24) is 4.98 Å². The van der Waals surface area contributed by atoms with Gasteiger partial charge in [-0.2, -0.15) is 0 Å². The third-order valence-corrected chi connectivity index (χ3v) is 2.80. The molecule has 0 aliphatic rings. The van der Waals surface area contributed by atoms with E-state index < -0.39 is 0 Å². The van der Waals surface area contributed by atoms with Crippen molar-refractivity contribution in [3.8, 4) is 5.75 Å². The largest absolute Gasteiger partial charge is 0.508 e. The Balaban J connectivity index is 2.88. The molecule has 12 heavy (non-hydrogen) atoms. The van der Waals surface area contributed by atoms with Gasteiger partial charge in [0.05, 0.1) is 9.72 Å². The molecule has 1 aromatic heterocycles. The van der Waals surface area contributed by atoms with Crippen LogP contribution in [0.2, 0.25) is 9.49 Å². The van der Waals surface area contributed by atoms with Crippen molar-refractivity contribution in [3.05, 3.63) is 21.6 Å². The van der Waals surface area contributed by atoms with E-state index in [4.69, 9.17) is 23.2 Å². The molecule has 0 radical (unpaired) electrons. The molecule has 0 saturated heterocycles. The summed E-state index contributed by atoms with van der Waals surface area (Å²) in [6.07, 6.45) is 0. The minimum absolute atomic E-state index is 0.132. The summed E-state index contributed by atoms with van der Waals surface area (Å²) >= 11 is 12.8. The summed E-state index contributed by atoms with van der Waals surface area (Å²) in [4.78, 5) is 3.99. The van der Waals surface area contributed by atoms with Crippen LogP contribution < -0.4 is 0 Å². The van der Waals surface area contributed by atoms with Gasteiger partial charge in [0.25, 0.3) is 0 Å². The van der Waals surface area contributed by atoms with Crippen LogP contribution in [-0.4, -0.2) is 10.1 Å². The summed E-state index contributed by atoms with van der Waals surface area (Å²) in [5.41, 5.74) is 0.643. The van der Waals surface area contributed by atoms with E-state index in [1.165, 1.54) is 17.4 Å². The molecule has 0 unspecified atom stereocenters. The fraction of sp³-hybridized carbons (Fsp3) is 0. The second-order valence-corrected chi connectivity index (χ2v) is 4.26. The Bertz CT molecular complexity index is 440. The molecule has 0 atom stereocenters. The highest BCUT2D eigenvalue weighted by molar-refractivity contribution is 7.22. The average molecular weight is 220 g/mol. The highest BCUT2D eigenvalue weighted by Crippen LogP contribution is 2.33. The van der Waals surface area contributed by atoms with Crippen LogP contribution >= 0.6 is 34.5 Å².